The number of methoxy groups -OCH3 is 1. The van der Waals surface area contributed by atoms with Crippen LogP contribution in [0.1, 0.15) is 19.4 Å². The predicted octanol–water partition coefficient (Wildman–Crippen LogP) is 3.83. The van der Waals surface area contributed by atoms with E-state index in [1.807, 2.05) is 6.07 Å². The molecule has 2 aliphatic rings. The van der Waals surface area contributed by atoms with Crippen molar-refractivity contribution in [1.82, 2.24) is 34.7 Å². The van der Waals surface area contributed by atoms with Gasteiger partial charge in [-0.15, -0.1) is 0 Å². The fraction of sp³-hybridized carbons (Fsp3) is 0.440. The summed E-state index contributed by atoms with van der Waals surface area (Å²) in [6.45, 7) is 8.57. The second kappa shape index (κ2) is 8.44. The molecule has 194 valence electrons. The maximum Gasteiger partial charge on any atom is 0.393 e. The summed E-state index contributed by atoms with van der Waals surface area (Å²) in [6, 6.07) is 5.83. The highest BCUT2D eigenvalue weighted by Gasteiger charge is 2.52. The van der Waals surface area contributed by atoms with Gasteiger partial charge in [0.25, 0.3) is 0 Å². The number of halogens is 3. The standard InChI is InChI=1S/C25H27F3N8O/c1-15(2)34-10-24(11-34)12-35(13-24)17-4-5-19(29-8-17)22-18(7-25(26,27)28)21(32-33-22)16-6-20(37-3)23-30-14-31-36(23)9-16/h4-6,8-9,14-15H,7,10-13H2,1-3H3,(H,32,33). The number of rotatable bonds is 6. The van der Waals surface area contributed by atoms with Gasteiger partial charge in [0.05, 0.1) is 36.8 Å². The molecule has 0 radical (unpaired) electrons. The van der Waals surface area contributed by atoms with Crippen LogP contribution < -0.4 is 9.64 Å². The number of pyridine rings is 2. The van der Waals surface area contributed by atoms with E-state index < -0.39 is 12.6 Å². The molecule has 0 saturated carbocycles. The molecule has 0 bridgehead atoms. The Kier molecular flexibility index (Phi) is 5.41. The highest BCUT2D eigenvalue weighted by molar-refractivity contribution is 5.75. The molecule has 2 fully saturated rings. The van der Waals surface area contributed by atoms with Crippen molar-refractivity contribution in [2.75, 3.05) is 38.2 Å². The highest BCUT2D eigenvalue weighted by Crippen LogP contribution is 2.43. The van der Waals surface area contributed by atoms with Crippen LogP contribution in [0.2, 0.25) is 0 Å². The van der Waals surface area contributed by atoms with Gasteiger partial charge in [0, 0.05) is 55.0 Å². The molecule has 4 aromatic rings. The molecular weight excluding hydrogens is 485 g/mol. The zero-order valence-corrected chi connectivity index (χ0v) is 20.7. The number of aromatic amines is 1. The summed E-state index contributed by atoms with van der Waals surface area (Å²) < 4.78 is 47.8. The van der Waals surface area contributed by atoms with Crippen molar-refractivity contribution in [3.8, 4) is 28.4 Å². The van der Waals surface area contributed by atoms with E-state index in [1.54, 1.807) is 24.5 Å². The van der Waals surface area contributed by atoms with Crippen molar-refractivity contribution in [3.05, 3.63) is 42.5 Å². The highest BCUT2D eigenvalue weighted by atomic mass is 19.4. The Morgan fingerprint density at radius 2 is 1.92 bits per heavy atom. The number of fused-ring (bicyclic) bond motifs is 1. The Bertz CT molecular complexity index is 1430. The maximum absolute atomic E-state index is 13.6. The van der Waals surface area contributed by atoms with Crippen LogP contribution in [0, 0.1) is 5.41 Å². The molecule has 4 aromatic heterocycles. The van der Waals surface area contributed by atoms with E-state index in [0.717, 1.165) is 31.9 Å². The van der Waals surface area contributed by atoms with Crippen molar-refractivity contribution in [1.29, 1.82) is 0 Å². The predicted molar refractivity (Wildman–Crippen MR) is 131 cm³/mol. The van der Waals surface area contributed by atoms with Crippen molar-refractivity contribution in [3.63, 3.8) is 0 Å². The van der Waals surface area contributed by atoms with Crippen LogP contribution in [0.15, 0.2) is 36.9 Å². The number of aromatic nitrogens is 6. The minimum Gasteiger partial charge on any atom is -0.493 e. The molecule has 0 amide bonds. The SMILES string of the molecule is COc1cc(-c2[nH]nc(-c3ccc(N4CC5(C4)CN(C(C)C)C5)cn3)c2CC(F)(F)F)cn2ncnc12. The second-order valence-corrected chi connectivity index (χ2v) is 10.3. The van der Waals surface area contributed by atoms with Crippen LogP contribution in [0.5, 0.6) is 5.75 Å². The Balaban J connectivity index is 1.29. The van der Waals surface area contributed by atoms with Gasteiger partial charge in [-0.2, -0.15) is 23.4 Å². The van der Waals surface area contributed by atoms with Gasteiger partial charge < -0.3 is 9.64 Å². The normalized spacial score (nSPS) is 17.4. The molecule has 2 aliphatic heterocycles. The molecule has 1 spiro atoms. The van der Waals surface area contributed by atoms with Gasteiger partial charge in [-0.25, -0.2) is 9.50 Å². The largest absolute Gasteiger partial charge is 0.493 e. The molecule has 2 saturated heterocycles. The molecule has 1 N–H and O–H groups in total. The van der Waals surface area contributed by atoms with E-state index in [9.17, 15) is 13.2 Å². The number of hydrogen-bond donors (Lipinski definition) is 1. The average Bonchev–Trinajstić information content (AvgIpc) is 3.42. The number of H-pyrrole nitrogens is 1. The lowest BCUT2D eigenvalue weighted by atomic mass is 9.72. The first-order chi connectivity index (χ1) is 17.6. The third-order valence-corrected chi connectivity index (χ3v) is 7.31. The summed E-state index contributed by atoms with van der Waals surface area (Å²) in [5.41, 5.74) is 3.03. The Labute approximate surface area is 211 Å². The summed E-state index contributed by atoms with van der Waals surface area (Å²) in [6.07, 6.45) is -0.923. The van der Waals surface area contributed by atoms with Gasteiger partial charge in [0.1, 0.15) is 12.0 Å². The number of nitrogens with one attached hydrogen (secondary N) is 1. The molecule has 0 aromatic carbocycles. The maximum atomic E-state index is 13.6. The van der Waals surface area contributed by atoms with Gasteiger partial charge >= 0.3 is 6.18 Å². The number of hydrogen-bond acceptors (Lipinski definition) is 7. The van der Waals surface area contributed by atoms with E-state index in [1.165, 1.54) is 18.0 Å². The van der Waals surface area contributed by atoms with E-state index in [0.29, 0.717) is 34.1 Å². The summed E-state index contributed by atoms with van der Waals surface area (Å²) >= 11 is 0. The first-order valence-corrected chi connectivity index (χ1v) is 12.1. The number of anilines is 1. The third kappa shape index (κ3) is 4.18. The van der Waals surface area contributed by atoms with Gasteiger partial charge in [-0.1, -0.05) is 0 Å². The lowest BCUT2D eigenvalue weighted by Crippen LogP contribution is -2.73. The Morgan fingerprint density at radius 3 is 2.57 bits per heavy atom. The van der Waals surface area contributed by atoms with Crippen LogP contribution in [0.25, 0.3) is 28.3 Å². The minimum absolute atomic E-state index is 0.0143. The number of likely N-dealkylation sites (tertiary alicyclic amines) is 1. The van der Waals surface area contributed by atoms with Crippen LogP contribution in [0.3, 0.4) is 0 Å². The summed E-state index contributed by atoms with van der Waals surface area (Å²) in [7, 11) is 1.47. The average molecular weight is 513 g/mol. The van der Waals surface area contributed by atoms with Crippen molar-refractivity contribution >= 4 is 11.3 Å². The van der Waals surface area contributed by atoms with Gasteiger partial charge in [0.15, 0.2) is 11.4 Å². The van der Waals surface area contributed by atoms with Crippen LogP contribution in [-0.4, -0.2) is 80.2 Å². The fourth-order valence-corrected chi connectivity index (χ4v) is 5.41. The molecule has 6 heterocycles. The van der Waals surface area contributed by atoms with E-state index >= 15 is 0 Å². The zero-order chi connectivity index (χ0) is 25.9. The second-order valence-electron chi connectivity index (χ2n) is 10.3. The van der Waals surface area contributed by atoms with Crippen LogP contribution >= 0.6 is 0 Å². The third-order valence-electron chi connectivity index (χ3n) is 7.31. The quantitative estimate of drug-likeness (QED) is 0.420. The summed E-state index contributed by atoms with van der Waals surface area (Å²) in [5, 5.41) is 11.2. The number of ether oxygens (including phenoxy) is 1. The molecule has 6 rings (SSSR count). The van der Waals surface area contributed by atoms with Gasteiger partial charge in [0.2, 0.25) is 0 Å². The topological polar surface area (TPSA) is 87.5 Å². The molecule has 0 atom stereocenters. The zero-order valence-electron chi connectivity index (χ0n) is 20.7. The summed E-state index contributed by atoms with van der Waals surface area (Å²) in [5.74, 6) is 0.391. The van der Waals surface area contributed by atoms with Crippen molar-refractivity contribution in [2.24, 2.45) is 5.41 Å². The lowest BCUT2D eigenvalue weighted by Gasteiger charge is -2.62. The smallest absolute Gasteiger partial charge is 0.393 e. The molecule has 0 unspecified atom stereocenters. The van der Waals surface area contributed by atoms with E-state index in [4.69, 9.17) is 4.74 Å². The van der Waals surface area contributed by atoms with Crippen molar-refractivity contribution < 1.29 is 17.9 Å². The molecular formula is C25H27F3N8O. The molecule has 0 aliphatic carbocycles. The number of alkyl halides is 3. The van der Waals surface area contributed by atoms with Crippen LogP contribution in [0.4, 0.5) is 18.9 Å². The Hall–Kier alpha value is -3.67. The van der Waals surface area contributed by atoms with Gasteiger partial charge in [-0.05, 0) is 32.0 Å². The molecule has 12 heteroatoms. The first kappa shape index (κ1) is 23.7. The van der Waals surface area contributed by atoms with Gasteiger partial charge in [-0.3, -0.25) is 15.0 Å². The lowest BCUT2D eigenvalue weighted by molar-refractivity contribution is -0.127. The summed E-state index contributed by atoms with van der Waals surface area (Å²) in [4.78, 5) is 13.4. The van der Waals surface area contributed by atoms with E-state index in [2.05, 4.69) is 48.9 Å². The minimum atomic E-state index is -4.44. The number of nitrogens with zero attached hydrogens (tertiary/aromatic N) is 7. The Morgan fingerprint density at radius 1 is 1.14 bits per heavy atom. The first-order valence-electron chi connectivity index (χ1n) is 12.1. The van der Waals surface area contributed by atoms with E-state index in [-0.39, 0.29) is 17.0 Å². The van der Waals surface area contributed by atoms with Crippen molar-refractivity contribution in [2.45, 2.75) is 32.5 Å². The van der Waals surface area contributed by atoms with Crippen LogP contribution in [-0.2, 0) is 6.42 Å². The monoisotopic (exact) mass is 512 g/mol. The fourth-order valence-electron chi connectivity index (χ4n) is 5.41. The molecule has 9 nitrogen and oxygen atoms in total. The molecule has 37 heavy (non-hydrogen) atoms.